The van der Waals surface area contributed by atoms with Crippen LogP contribution in [0.1, 0.15) is 31.9 Å². The second-order valence-corrected chi connectivity index (χ2v) is 8.19. The van der Waals surface area contributed by atoms with Crippen LogP contribution in [-0.4, -0.2) is 32.9 Å². The zero-order valence-corrected chi connectivity index (χ0v) is 13.2. The minimum Gasteiger partial charge on any atom is -0.297 e. The largest absolute Gasteiger partial charge is 0.297 e. The Labute approximate surface area is 120 Å². The Balaban J connectivity index is 3.16. The lowest BCUT2D eigenvalue weighted by molar-refractivity contribution is -0.102. The predicted octanol–water partition coefficient (Wildman–Crippen LogP) is 2.47. The molecule has 0 saturated heterocycles. The molecule has 0 bridgehead atoms. The number of aldehydes is 1. The maximum Gasteiger partial charge on any atom is 0.161 e. The summed E-state index contributed by atoms with van der Waals surface area (Å²) in [5.41, 5.74) is 2.60. The molecule has 110 valence electrons. The van der Waals surface area contributed by atoms with Crippen molar-refractivity contribution in [2.45, 2.75) is 32.6 Å². The number of carbonyl (C=O) groups excluding carboxylic acids is 1. The maximum absolute atomic E-state index is 11.3. The van der Waals surface area contributed by atoms with Crippen molar-refractivity contribution >= 4 is 28.0 Å². The Morgan fingerprint density at radius 2 is 1.85 bits per heavy atom. The highest BCUT2D eigenvalue weighted by molar-refractivity contribution is 7.90. The molecule has 0 heterocycles. The van der Waals surface area contributed by atoms with Crippen LogP contribution in [0.25, 0.3) is 0 Å². The molecular formula is C15H21NO3S. The molecule has 0 radical (unpaired) electrons. The molecule has 0 aromatic heterocycles. The van der Waals surface area contributed by atoms with E-state index in [4.69, 9.17) is 0 Å². The van der Waals surface area contributed by atoms with E-state index in [1.165, 1.54) is 12.5 Å². The molecule has 0 saturated carbocycles. The van der Waals surface area contributed by atoms with E-state index in [0.717, 1.165) is 11.1 Å². The summed E-state index contributed by atoms with van der Waals surface area (Å²) in [6.07, 6.45) is 3.50. The maximum atomic E-state index is 11.3. The van der Waals surface area contributed by atoms with Crippen LogP contribution in [0.3, 0.4) is 0 Å². The first kappa shape index (κ1) is 16.6. The number of hydrogen-bond donors (Lipinski definition) is 0. The van der Waals surface area contributed by atoms with Gasteiger partial charge in [-0.3, -0.25) is 9.79 Å². The Kier molecular flexibility index (Phi) is 5.22. The Bertz CT molecular complexity index is 610. The van der Waals surface area contributed by atoms with Crippen LogP contribution in [0.15, 0.2) is 23.2 Å². The third-order valence-electron chi connectivity index (χ3n) is 2.89. The smallest absolute Gasteiger partial charge is 0.161 e. The standard InChI is InChI=1S/C15H21NO3S/c1-15(2,3)13-9-12(5-8-20(4,18)19)10-14(11-13)16-6-7-17/h6-7,9-11H,5,8H2,1-4H3. The molecule has 0 aliphatic heterocycles. The first-order valence-corrected chi connectivity index (χ1v) is 8.48. The molecule has 4 nitrogen and oxygen atoms in total. The van der Waals surface area contributed by atoms with Gasteiger partial charge in [-0.1, -0.05) is 26.8 Å². The van der Waals surface area contributed by atoms with Gasteiger partial charge in [0.1, 0.15) is 9.84 Å². The predicted molar refractivity (Wildman–Crippen MR) is 82.8 cm³/mol. The van der Waals surface area contributed by atoms with Crippen LogP contribution >= 0.6 is 0 Å². The monoisotopic (exact) mass is 295 g/mol. The van der Waals surface area contributed by atoms with E-state index in [-0.39, 0.29) is 11.2 Å². The molecule has 0 atom stereocenters. The normalized spacial score (nSPS) is 12.8. The highest BCUT2D eigenvalue weighted by Gasteiger charge is 2.15. The molecular weight excluding hydrogens is 274 g/mol. The van der Waals surface area contributed by atoms with E-state index in [1.807, 2.05) is 18.2 Å². The van der Waals surface area contributed by atoms with Gasteiger partial charge in [0, 0.05) is 6.26 Å². The third kappa shape index (κ3) is 5.65. The summed E-state index contributed by atoms with van der Waals surface area (Å²) in [7, 11) is -3.00. The van der Waals surface area contributed by atoms with Gasteiger partial charge in [0.05, 0.1) is 17.7 Å². The number of benzene rings is 1. The zero-order chi connectivity index (χ0) is 15.4. The number of aryl methyl sites for hydroxylation is 1. The summed E-state index contributed by atoms with van der Waals surface area (Å²) in [5.74, 6) is 0.109. The van der Waals surface area contributed by atoms with Gasteiger partial charge in [-0.25, -0.2) is 8.42 Å². The number of nitrogens with zero attached hydrogens (tertiary/aromatic N) is 1. The molecule has 5 heteroatoms. The van der Waals surface area contributed by atoms with E-state index in [0.29, 0.717) is 18.4 Å². The van der Waals surface area contributed by atoms with Gasteiger partial charge < -0.3 is 0 Å². The van der Waals surface area contributed by atoms with E-state index < -0.39 is 9.84 Å². The van der Waals surface area contributed by atoms with Crippen LogP contribution in [0.2, 0.25) is 0 Å². The fourth-order valence-electron chi connectivity index (χ4n) is 1.75. The SMILES string of the molecule is CC(C)(C)c1cc(CCS(C)(=O)=O)cc(N=CC=O)c1. The Morgan fingerprint density at radius 3 is 2.35 bits per heavy atom. The van der Waals surface area contributed by atoms with Crippen molar-refractivity contribution in [1.82, 2.24) is 0 Å². The average molecular weight is 295 g/mol. The van der Waals surface area contributed by atoms with Gasteiger partial charge in [-0.2, -0.15) is 0 Å². The fourth-order valence-corrected chi connectivity index (χ4v) is 2.35. The molecule has 1 aromatic carbocycles. The minimum atomic E-state index is -3.00. The van der Waals surface area contributed by atoms with Gasteiger partial charge >= 0.3 is 0 Å². The third-order valence-corrected chi connectivity index (χ3v) is 3.84. The number of aliphatic imine (C=N–C) groups is 1. The van der Waals surface area contributed by atoms with Crippen LogP contribution in [0.4, 0.5) is 5.69 Å². The van der Waals surface area contributed by atoms with Gasteiger partial charge in [-0.15, -0.1) is 0 Å². The summed E-state index contributed by atoms with van der Waals surface area (Å²) >= 11 is 0. The van der Waals surface area contributed by atoms with Crippen molar-refractivity contribution in [2.24, 2.45) is 4.99 Å². The molecule has 1 rings (SSSR count). The summed E-state index contributed by atoms with van der Waals surface area (Å²) in [6, 6.07) is 5.75. The molecule has 0 N–H and O–H groups in total. The van der Waals surface area contributed by atoms with Crippen LogP contribution in [0, 0.1) is 0 Å². The molecule has 0 aliphatic rings. The summed E-state index contributed by atoms with van der Waals surface area (Å²) in [6.45, 7) is 6.24. The minimum absolute atomic E-state index is 0.0629. The van der Waals surface area contributed by atoms with Crippen LogP contribution in [-0.2, 0) is 26.5 Å². The van der Waals surface area contributed by atoms with Crippen molar-refractivity contribution in [3.05, 3.63) is 29.3 Å². The molecule has 0 amide bonds. The van der Waals surface area contributed by atoms with Crippen LogP contribution in [0.5, 0.6) is 0 Å². The van der Waals surface area contributed by atoms with Gasteiger partial charge in [-0.05, 0) is 35.1 Å². The van der Waals surface area contributed by atoms with E-state index in [2.05, 4.69) is 25.8 Å². The first-order chi connectivity index (χ1) is 9.12. The van der Waals surface area contributed by atoms with Crippen molar-refractivity contribution in [1.29, 1.82) is 0 Å². The van der Waals surface area contributed by atoms with Crippen molar-refractivity contribution in [2.75, 3.05) is 12.0 Å². The van der Waals surface area contributed by atoms with Crippen molar-refractivity contribution in [3.8, 4) is 0 Å². The number of sulfone groups is 1. The Hall–Kier alpha value is -1.49. The van der Waals surface area contributed by atoms with Gasteiger partial charge in [0.15, 0.2) is 6.29 Å². The highest BCUT2D eigenvalue weighted by atomic mass is 32.2. The van der Waals surface area contributed by atoms with E-state index >= 15 is 0 Å². The quantitative estimate of drug-likeness (QED) is 0.619. The number of carbonyl (C=O) groups is 1. The topological polar surface area (TPSA) is 63.6 Å². The molecule has 20 heavy (non-hydrogen) atoms. The molecule has 1 aromatic rings. The molecule has 0 unspecified atom stereocenters. The zero-order valence-electron chi connectivity index (χ0n) is 12.4. The van der Waals surface area contributed by atoms with E-state index in [9.17, 15) is 13.2 Å². The molecule has 0 spiro atoms. The highest BCUT2D eigenvalue weighted by Crippen LogP contribution is 2.28. The fraction of sp³-hybridized carbons (Fsp3) is 0.467. The lowest BCUT2D eigenvalue weighted by Gasteiger charge is -2.20. The second-order valence-electron chi connectivity index (χ2n) is 5.93. The Morgan fingerprint density at radius 1 is 1.20 bits per heavy atom. The van der Waals surface area contributed by atoms with Gasteiger partial charge in [0.25, 0.3) is 0 Å². The summed E-state index contributed by atoms with van der Waals surface area (Å²) in [4.78, 5) is 14.4. The summed E-state index contributed by atoms with van der Waals surface area (Å²) in [5, 5.41) is 0. The van der Waals surface area contributed by atoms with Crippen LogP contribution < -0.4 is 0 Å². The average Bonchev–Trinajstić information content (AvgIpc) is 2.32. The number of hydrogen-bond acceptors (Lipinski definition) is 4. The van der Waals surface area contributed by atoms with Crippen molar-refractivity contribution in [3.63, 3.8) is 0 Å². The molecule has 0 aliphatic carbocycles. The van der Waals surface area contributed by atoms with Gasteiger partial charge in [0.2, 0.25) is 0 Å². The lowest BCUT2D eigenvalue weighted by Crippen LogP contribution is -2.12. The molecule has 0 fully saturated rings. The van der Waals surface area contributed by atoms with Crippen molar-refractivity contribution < 1.29 is 13.2 Å². The van der Waals surface area contributed by atoms with E-state index in [1.54, 1.807) is 0 Å². The first-order valence-electron chi connectivity index (χ1n) is 6.42. The summed E-state index contributed by atoms with van der Waals surface area (Å²) < 4.78 is 22.5. The lowest BCUT2D eigenvalue weighted by atomic mass is 9.85. The second kappa shape index (κ2) is 6.31. The number of rotatable bonds is 5.